The number of aryl methyl sites for hydroxylation is 2. The minimum absolute atomic E-state index is 0.00400. The van der Waals surface area contributed by atoms with Crippen molar-refractivity contribution in [3.63, 3.8) is 0 Å². The van der Waals surface area contributed by atoms with Crippen molar-refractivity contribution < 1.29 is 4.79 Å². The first-order chi connectivity index (χ1) is 12.2. The van der Waals surface area contributed by atoms with Crippen LogP contribution in [0.1, 0.15) is 50.0 Å². The zero-order valence-electron chi connectivity index (χ0n) is 16.0. The first kappa shape index (κ1) is 18.7. The molecule has 0 spiro atoms. The molecule has 2 aromatic rings. The van der Waals surface area contributed by atoms with Crippen LogP contribution in [-0.4, -0.2) is 39.2 Å². The van der Waals surface area contributed by atoms with Gasteiger partial charge in [0.05, 0.1) is 5.92 Å². The molecule has 0 aromatic carbocycles. The van der Waals surface area contributed by atoms with E-state index in [4.69, 9.17) is 0 Å². The summed E-state index contributed by atoms with van der Waals surface area (Å²) in [6.45, 7) is 11.7. The van der Waals surface area contributed by atoms with E-state index in [0.717, 1.165) is 35.8 Å². The highest BCUT2D eigenvalue weighted by Gasteiger charge is 2.28. The van der Waals surface area contributed by atoms with Crippen molar-refractivity contribution in [2.45, 2.75) is 52.9 Å². The first-order valence-corrected chi connectivity index (χ1v) is 9.76. The Bertz CT molecular complexity index is 777. The molecule has 1 amide bonds. The van der Waals surface area contributed by atoms with Crippen molar-refractivity contribution in [3.05, 3.63) is 22.5 Å². The largest absolute Gasteiger partial charge is 0.340 e. The Morgan fingerprint density at radius 3 is 2.54 bits per heavy atom. The predicted octanol–water partition coefficient (Wildman–Crippen LogP) is 3.10. The van der Waals surface area contributed by atoms with E-state index in [-0.39, 0.29) is 17.2 Å². The number of carbonyl (C=O) groups is 1. The second-order valence-corrected chi connectivity index (χ2v) is 8.87. The Balaban J connectivity index is 1.67. The van der Waals surface area contributed by atoms with Crippen molar-refractivity contribution in [3.8, 4) is 0 Å². The summed E-state index contributed by atoms with van der Waals surface area (Å²) in [5.74, 6) is 0.608. The first-order valence-electron chi connectivity index (χ1n) is 8.94. The molecule has 0 bridgehead atoms. The van der Waals surface area contributed by atoms with Gasteiger partial charge in [0.15, 0.2) is 0 Å². The number of carbonyl (C=O) groups excluding carboxylic acids is 1. The lowest BCUT2D eigenvalue weighted by molar-refractivity contribution is -0.120. The molecule has 140 valence electrons. The summed E-state index contributed by atoms with van der Waals surface area (Å²) in [5, 5.41) is 12.7. The van der Waals surface area contributed by atoms with Gasteiger partial charge in [-0.15, -0.1) is 10.2 Å². The summed E-state index contributed by atoms with van der Waals surface area (Å²) in [4.78, 5) is 23.9. The van der Waals surface area contributed by atoms with Gasteiger partial charge in [0.25, 0.3) is 0 Å². The van der Waals surface area contributed by atoms with Crippen molar-refractivity contribution >= 4 is 28.3 Å². The molecule has 0 radical (unpaired) electrons. The van der Waals surface area contributed by atoms with Gasteiger partial charge in [0.1, 0.15) is 5.01 Å². The molecule has 3 rings (SSSR count). The number of nitrogens with zero attached hydrogens (tertiary/aromatic N) is 5. The van der Waals surface area contributed by atoms with Crippen LogP contribution in [0.4, 0.5) is 11.1 Å². The fourth-order valence-electron chi connectivity index (χ4n) is 3.01. The van der Waals surface area contributed by atoms with Gasteiger partial charge < -0.3 is 10.2 Å². The van der Waals surface area contributed by atoms with Crippen LogP contribution in [0.2, 0.25) is 0 Å². The topological polar surface area (TPSA) is 83.9 Å². The smallest absolute Gasteiger partial charge is 0.231 e. The van der Waals surface area contributed by atoms with E-state index in [1.165, 1.54) is 11.3 Å². The number of aromatic nitrogens is 4. The van der Waals surface area contributed by atoms with E-state index in [9.17, 15) is 4.79 Å². The van der Waals surface area contributed by atoms with Gasteiger partial charge in [0, 0.05) is 29.9 Å². The average Bonchev–Trinajstić information content (AvgIpc) is 3.03. The number of hydrogen-bond donors (Lipinski definition) is 1. The summed E-state index contributed by atoms with van der Waals surface area (Å²) in [5.41, 5.74) is 1.83. The van der Waals surface area contributed by atoms with Crippen molar-refractivity contribution in [2.24, 2.45) is 5.92 Å². The number of rotatable bonds is 3. The molecule has 1 aliphatic rings. The van der Waals surface area contributed by atoms with E-state index in [1.807, 2.05) is 19.9 Å². The summed E-state index contributed by atoms with van der Waals surface area (Å²) < 4.78 is 0. The summed E-state index contributed by atoms with van der Waals surface area (Å²) in [6, 6.07) is 1.96. The van der Waals surface area contributed by atoms with E-state index in [0.29, 0.717) is 17.6 Å². The van der Waals surface area contributed by atoms with Gasteiger partial charge in [-0.25, -0.2) is 9.97 Å². The van der Waals surface area contributed by atoms with Crippen LogP contribution in [0.25, 0.3) is 0 Å². The molecule has 3 heterocycles. The van der Waals surface area contributed by atoms with Gasteiger partial charge in [0.2, 0.25) is 17.0 Å². The van der Waals surface area contributed by atoms with Crippen molar-refractivity contribution in [2.75, 3.05) is 23.3 Å². The van der Waals surface area contributed by atoms with Crippen LogP contribution < -0.4 is 10.2 Å². The zero-order valence-corrected chi connectivity index (χ0v) is 16.9. The van der Waals surface area contributed by atoms with Gasteiger partial charge >= 0.3 is 0 Å². The van der Waals surface area contributed by atoms with Crippen molar-refractivity contribution in [1.82, 2.24) is 20.2 Å². The third-order valence-corrected chi connectivity index (χ3v) is 5.61. The molecule has 2 aromatic heterocycles. The molecule has 0 unspecified atom stereocenters. The van der Waals surface area contributed by atoms with Gasteiger partial charge in [-0.2, -0.15) is 0 Å². The van der Waals surface area contributed by atoms with Gasteiger partial charge in [-0.3, -0.25) is 4.79 Å². The Hall–Kier alpha value is -2.09. The maximum Gasteiger partial charge on any atom is 0.231 e. The lowest BCUT2D eigenvalue weighted by Gasteiger charge is -2.32. The van der Waals surface area contributed by atoms with E-state index in [1.54, 1.807) is 0 Å². The average molecular weight is 375 g/mol. The van der Waals surface area contributed by atoms with E-state index >= 15 is 0 Å². The molecular weight excluding hydrogens is 348 g/mol. The SMILES string of the molecule is Cc1cc(C)nc(N2CCC[C@H](C(=O)Nc3nnc(C(C)(C)C)s3)C2)n1. The second kappa shape index (κ2) is 7.26. The maximum absolute atomic E-state index is 12.7. The Kier molecular flexibility index (Phi) is 5.22. The molecule has 0 saturated carbocycles. The van der Waals surface area contributed by atoms with Crippen LogP contribution in [0.3, 0.4) is 0 Å². The highest BCUT2D eigenvalue weighted by Crippen LogP contribution is 2.28. The maximum atomic E-state index is 12.7. The van der Waals surface area contributed by atoms with Crippen LogP contribution in [0, 0.1) is 19.8 Å². The summed E-state index contributed by atoms with van der Waals surface area (Å²) in [6.07, 6.45) is 1.80. The lowest BCUT2D eigenvalue weighted by atomic mass is 9.97. The van der Waals surface area contributed by atoms with Crippen LogP contribution in [0.15, 0.2) is 6.07 Å². The monoisotopic (exact) mass is 374 g/mol. The number of piperidine rings is 1. The van der Waals surface area contributed by atoms with E-state index in [2.05, 4.69) is 51.2 Å². The molecule has 8 heteroatoms. The predicted molar refractivity (Wildman–Crippen MR) is 104 cm³/mol. The van der Waals surface area contributed by atoms with Crippen molar-refractivity contribution in [1.29, 1.82) is 0 Å². The molecule has 1 aliphatic heterocycles. The molecular formula is C18H26N6OS. The normalized spacial score (nSPS) is 18.0. The molecule has 1 fully saturated rings. The quantitative estimate of drug-likeness (QED) is 0.889. The summed E-state index contributed by atoms with van der Waals surface area (Å²) in [7, 11) is 0. The van der Waals surface area contributed by atoms with Crippen LogP contribution in [0.5, 0.6) is 0 Å². The Morgan fingerprint density at radius 1 is 1.23 bits per heavy atom. The minimum Gasteiger partial charge on any atom is -0.340 e. The highest BCUT2D eigenvalue weighted by molar-refractivity contribution is 7.15. The minimum atomic E-state index is -0.102. The number of hydrogen-bond acceptors (Lipinski definition) is 7. The fraction of sp³-hybridized carbons (Fsp3) is 0.611. The highest BCUT2D eigenvalue weighted by atomic mass is 32.1. The molecule has 1 atom stereocenters. The number of amides is 1. The molecule has 7 nitrogen and oxygen atoms in total. The van der Waals surface area contributed by atoms with Crippen LogP contribution >= 0.6 is 11.3 Å². The number of nitrogens with one attached hydrogen (secondary N) is 1. The van der Waals surface area contributed by atoms with Gasteiger partial charge in [-0.1, -0.05) is 32.1 Å². The molecule has 1 saturated heterocycles. The molecule has 0 aliphatic carbocycles. The second-order valence-electron chi connectivity index (χ2n) is 7.89. The third-order valence-electron chi connectivity index (χ3n) is 4.34. The summed E-state index contributed by atoms with van der Waals surface area (Å²) >= 11 is 1.44. The zero-order chi connectivity index (χ0) is 18.9. The fourth-order valence-corrected chi connectivity index (χ4v) is 3.81. The lowest BCUT2D eigenvalue weighted by Crippen LogP contribution is -2.41. The Labute approximate surface area is 158 Å². The standard InChI is InChI=1S/C18H26N6OS/c1-11-9-12(2)20-16(19-11)24-8-6-7-13(10-24)14(25)21-17-23-22-15(26-17)18(3,4)5/h9,13H,6-8,10H2,1-5H3,(H,21,23,25)/t13-/m0/s1. The molecule has 26 heavy (non-hydrogen) atoms. The Morgan fingerprint density at radius 2 is 1.92 bits per heavy atom. The van der Waals surface area contributed by atoms with Crippen LogP contribution in [-0.2, 0) is 10.2 Å². The van der Waals surface area contributed by atoms with Gasteiger partial charge in [-0.05, 0) is 32.8 Å². The number of anilines is 2. The van der Waals surface area contributed by atoms with E-state index < -0.39 is 0 Å². The molecule has 1 N–H and O–H groups in total. The third kappa shape index (κ3) is 4.35.